The number of carbonyl (C=O) groups is 1. The summed E-state index contributed by atoms with van der Waals surface area (Å²) in [5.41, 5.74) is 3.87. The van der Waals surface area contributed by atoms with Gasteiger partial charge in [0.05, 0.1) is 34.1 Å². The largest absolute Gasteiger partial charge is 0.333 e. The summed E-state index contributed by atoms with van der Waals surface area (Å²) in [6, 6.07) is 16.5. The summed E-state index contributed by atoms with van der Waals surface area (Å²) in [6.45, 7) is 0. The summed E-state index contributed by atoms with van der Waals surface area (Å²) in [5, 5.41) is 16.5. The van der Waals surface area contributed by atoms with E-state index in [1.807, 2.05) is 36.5 Å². The van der Waals surface area contributed by atoms with Gasteiger partial charge in [-0.25, -0.2) is 9.67 Å². The Labute approximate surface area is 159 Å². The predicted octanol–water partition coefficient (Wildman–Crippen LogP) is 3.35. The van der Waals surface area contributed by atoms with Gasteiger partial charge in [0.1, 0.15) is 0 Å². The first kappa shape index (κ1) is 16.9. The van der Waals surface area contributed by atoms with Crippen LogP contribution < -0.4 is 5.32 Å². The minimum Gasteiger partial charge on any atom is -0.333 e. The average Bonchev–Trinajstić information content (AvgIpc) is 3.36. The molecule has 132 valence electrons. The summed E-state index contributed by atoms with van der Waals surface area (Å²) in [4.78, 5) is 19.8. The van der Waals surface area contributed by atoms with Crippen LogP contribution in [0.25, 0.3) is 16.7 Å². The first-order valence-electron chi connectivity index (χ1n) is 8.14. The summed E-state index contributed by atoms with van der Waals surface area (Å²) >= 11 is 1.33. The number of hydrogen-bond acceptors (Lipinski definition) is 5. The van der Waals surface area contributed by atoms with Gasteiger partial charge in [0.15, 0.2) is 5.16 Å². The second-order valence-electron chi connectivity index (χ2n) is 5.72. The SMILES string of the molecule is N#Cc1ccc(NC(=O)CSc2nc3ccc(-n4cccn4)cc3[nH]2)cc1. The van der Waals surface area contributed by atoms with Crippen molar-refractivity contribution in [3.05, 3.63) is 66.5 Å². The van der Waals surface area contributed by atoms with Crippen LogP contribution in [-0.4, -0.2) is 31.4 Å². The standard InChI is InChI=1S/C19H14N6OS/c20-11-13-2-4-14(5-3-13)22-18(26)12-27-19-23-16-7-6-15(10-17(16)24-19)25-9-1-8-21-25/h1-10H,12H2,(H,22,26)(H,23,24). The lowest BCUT2D eigenvalue weighted by Crippen LogP contribution is -2.14. The van der Waals surface area contributed by atoms with Gasteiger partial charge < -0.3 is 10.3 Å². The van der Waals surface area contributed by atoms with E-state index in [2.05, 4.69) is 20.4 Å². The second kappa shape index (κ2) is 7.35. The third-order valence-corrected chi connectivity index (χ3v) is 4.72. The van der Waals surface area contributed by atoms with Crippen LogP contribution in [0.2, 0.25) is 0 Å². The molecule has 2 aromatic heterocycles. The van der Waals surface area contributed by atoms with Crippen LogP contribution in [0.15, 0.2) is 66.1 Å². The molecule has 0 aliphatic heterocycles. The predicted molar refractivity (Wildman–Crippen MR) is 104 cm³/mol. The Bertz CT molecular complexity index is 1130. The highest BCUT2D eigenvalue weighted by Gasteiger charge is 2.09. The Kier molecular flexibility index (Phi) is 4.60. The first-order valence-corrected chi connectivity index (χ1v) is 9.12. The van der Waals surface area contributed by atoms with Gasteiger partial charge in [0.2, 0.25) is 5.91 Å². The molecule has 2 aromatic carbocycles. The number of thioether (sulfide) groups is 1. The number of hydrogen-bond donors (Lipinski definition) is 2. The van der Waals surface area contributed by atoms with E-state index in [0.717, 1.165) is 16.7 Å². The highest BCUT2D eigenvalue weighted by molar-refractivity contribution is 7.99. The number of anilines is 1. The molecule has 0 spiro atoms. The number of nitrogens with one attached hydrogen (secondary N) is 2. The number of nitrogens with zero attached hydrogens (tertiary/aromatic N) is 4. The smallest absolute Gasteiger partial charge is 0.234 e. The fourth-order valence-corrected chi connectivity index (χ4v) is 3.25. The van der Waals surface area contributed by atoms with Crippen LogP contribution in [0.3, 0.4) is 0 Å². The van der Waals surface area contributed by atoms with Crippen molar-refractivity contribution in [2.24, 2.45) is 0 Å². The van der Waals surface area contributed by atoms with Crippen LogP contribution in [0.4, 0.5) is 5.69 Å². The number of aromatic nitrogens is 4. The fourth-order valence-electron chi connectivity index (χ4n) is 2.57. The molecule has 0 saturated carbocycles. The monoisotopic (exact) mass is 374 g/mol. The molecule has 0 saturated heterocycles. The summed E-state index contributed by atoms with van der Waals surface area (Å²) in [5.74, 6) is 0.0913. The number of nitriles is 1. The fraction of sp³-hybridized carbons (Fsp3) is 0.0526. The Morgan fingerprint density at radius 3 is 2.85 bits per heavy atom. The third-order valence-electron chi connectivity index (χ3n) is 3.85. The Hall–Kier alpha value is -3.57. The zero-order chi connectivity index (χ0) is 18.6. The van der Waals surface area contributed by atoms with E-state index >= 15 is 0 Å². The van der Waals surface area contributed by atoms with Crippen LogP contribution in [0.1, 0.15) is 5.56 Å². The minimum absolute atomic E-state index is 0.137. The van der Waals surface area contributed by atoms with Gasteiger partial charge in [-0.1, -0.05) is 11.8 Å². The van der Waals surface area contributed by atoms with Crippen molar-refractivity contribution in [2.75, 3.05) is 11.1 Å². The van der Waals surface area contributed by atoms with E-state index in [1.54, 1.807) is 35.1 Å². The molecule has 4 rings (SSSR count). The number of fused-ring (bicyclic) bond motifs is 1. The molecular weight excluding hydrogens is 360 g/mol. The van der Waals surface area contributed by atoms with Crippen molar-refractivity contribution < 1.29 is 4.79 Å². The lowest BCUT2D eigenvalue weighted by Gasteiger charge is -2.03. The number of aromatic amines is 1. The zero-order valence-electron chi connectivity index (χ0n) is 14.1. The quantitative estimate of drug-likeness (QED) is 0.522. The third kappa shape index (κ3) is 3.83. The molecule has 0 bridgehead atoms. The van der Waals surface area contributed by atoms with Gasteiger partial charge in [0.25, 0.3) is 0 Å². The van der Waals surface area contributed by atoms with Crippen molar-refractivity contribution in [1.82, 2.24) is 19.7 Å². The van der Waals surface area contributed by atoms with E-state index in [0.29, 0.717) is 16.4 Å². The number of amides is 1. The summed E-state index contributed by atoms with van der Waals surface area (Å²) in [7, 11) is 0. The highest BCUT2D eigenvalue weighted by Crippen LogP contribution is 2.22. The zero-order valence-corrected chi connectivity index (χ0v) is 14.9. The van der Waals surface area contributed by atoms with E-state index in [1.165, 1.54) is 11.8 Å². The van der Waals surface area contributed by atoms with Crippen LogP contribution in [0, 0.1) is 11.3 Å². The lowest BCUT2D eigenvalue weighted by molar-refractivity contribution is -0.113. The van der Waals surface area contributed by atoms with Gasteiger partial charge >= 0.3 is 0 Å². The molecule has 0 unspecified atom stereocenters. The molecule has 2 N–H and O–H groups in total. The number of imidazole rings is 1. The molecule has 0 aliphatic rings. The number of rotatable bonds is 5. The molecule has 0 fully saturated rings. The highest BCUT2D eigenvalue weighted by atomic mass is 32.2. The van der Waals surface area contributed by atoms with Crippen molar-refractivity contribution >= 4 is 34.4 Å². The Morgan fingerprint density at radius 2 is 2.11 bits per heavy atom. The van der Waals surface area contributed by atoms with Crippen LogP contribution in [0.5, 0.6) is 0 Å². The molecule has 0 radical (unpaired) electrons. The molecule has 7 nitrogen and oxygen atoms in total. The van der Waals surface area contributed by atoms with Crippen molar-refractivity contribution in [3.8, 4) is 11.8 Å². The van der Waals surface area contributed by atoms with Crippen molar-refractivity contribution in [3.63, 3.8) is 0 Å². The molecule has 4 aromatic rings. The summed E-state index contributed by atoms with van der Waals surface area (Å²) < 4.78 is 1.78. The number of benzene rings is 2. The second-order valence-corrected chi connectivity index (χ2v) is 6.68. The van der Waals surface area contributed by atoms with Crippen LogP contribution >= 0.6 is 11.8 Å². The van der Waals surface area contributed by atoms with Gasteiger partial charge in [0, 0.05) is 18.1 Å². The van der Waals surface area contributed by atoms with Gasteiger partial charge in [-0.3, -0.25) is 4.79 Å². The van der Waals surface area contributed by atoms with Crippen molar-refractivity contribution in [2.45, 2.75) is 5.16 Å². The molecule has 1 amide bonds. The van der Waals surface area contributed by atoms with Crippen molar-refractivity contribution in [1.29, 1.82) is 5.26 Å². The topological polar surface area (TPSA) is 99.4 Å². The van der Waals surface area contributed by atoms with Gasteiger partial charge in [-0.2, -0.15) is 10.4 Å². The Balaban J connectivity index is 1.41. The van der Waals surface area contributed by atoms with E-state index in [-0.39, 0.29) is 11.7 Å². The maximum absolute atomic E-state index is 12.1. The van der Waals surface area contributed by atoms with Gasteiger partial charge in [-0.15, -0.1) is 0 Å². The van der Waals surface area contributed by atoms with Crippen LogP contribution in [-0.2, 0) is 4.79 Å². The summed E-state index contributed by atoms with van der Waals surface area (Å²) in [6.07, 6.45) is 3.60. The number of carbonyl (C=O) groups excluding carboxylic acids is 1. The molecule has 0 aliphatic carbocycles. The normalized spacial score (nSPS) is 10.6. The van der Waals surface area contributed by atoms with E-state index in [9.17, 15) is 4.79 Å². The first-order chi connectivity index (χ1) is 13.2. The maximum Gasteiger partial charge on any atom is 0.234 e. The van der Waals surface area contributed by atoms with E-state index in [4.69, 9.17) is 5.26 Å². The molecular formula is C19H14N6OS. The Morgan fingerprint density at radius 1 is 1.26 bits per heavy atom. The maximum atomic E-state index is 12.1. The van der Waals surface area contributed by atoms with E-state index < -0.39 is 0 Å². The number of H-pyrrole nitrogens is 1. The molecule has 8 heteroatoms. The molecule has 0 atom stereocenters. The minimum atomic E-state index is -0.137. The molecule has 2 heterocycles. The average molecular weight is 374 g/mol. The van der Waals surface area contributed by atoms with Gasteiger partial charge in [-0.05, 0) is 48.5 Å². The molecule has 27 heavy (non-hydrogen) atoms. The lowest BCUT2D eigenvalue weighted by atomic mass is 10.2.